The van der Waals surface area contributed by atoms with E-state index in [1.165, 1.54) is 64.6 Å². The molecule has 0 aliphatic carbocycles. The second-order valence-electron chi connectivity index (χ2n) is 8.61. The fourth-order valence-electron chi connectivity index (χ4n) is 3.94. The number of piperazine rings is 1. The number of carbonyl (C=O) groups excluding carboxylic acids is 3. The third kappa shape index (κ3) is 5.57. The van der Waals surface area contributed by atoms with Crippen molar-refractivity contribution in [3.8, 4) is 0 Å². The zero-order valence-corrected chi connectivity index (χ0v) is 21.1. The van der Waals surface area contributed by atoms with Crippen LogP contribution in [0.3, 0.4) is 0 Å². The summed E-state index contributed by atoms with van der Waals surface area (Å²) in [5, 5.41) is 11.2. The molecule has 1 aromatic heterocycles. The number of nitrogens with zero attached hydrogens (tertiary/aromatic N) is 3. The number of nitro benzene ring substituents is 1. The molecule has 1 aliphatic heterocycles. The van der Waals surface area contributed by atoms with Crippen LogP contribution in [0, 0.1) is 17.0 Å². The SMILES string of the molecule is Cc1ccc(S(=O)(=O)[C@@H](NC(=O)c2ccco2)C(=O)N2CCN(C(=O)c3ccc([N+](=O)[O-])cc3)CC2)cc1. The Morgan fingerprint density at radius 1 is 0.947 bits per heavy atom. The summed E-state index contributed by atoms with van der Waals surface area (Å²) in [6.45, 7) is 2.04. The number of hydrogen-bond donors (Lipinski definition) is 1. The predicted molar refractivity (Wildman–Crippen MR) is 134 cm³/mol. The highest BCUT2D eigenvalue weighted by Crippen LogP contribution is 2.20. The van der Waals surface area contributed by atoms with Crippen molar-refractivity contribution in [3.05, 3.63) is 93.9 Å². The maximum absolute atomic E-state index is 13.5. The second-order valence-corrected chi connectivity index (χ2v) is 10.6. The van der Waals surface area contributed by atoms with E-state index in [0.29, 0.717) is 0 Å². The molecule has 0 bridgehead atoms. The Morgan fingerprint density at radius 3 is 2.11 bits per heavy atom. The molecule has 38 heavy (non-hydrogen) atoms. The Balaban J connectivity index is 1.51. The highest BCUT2D eigenvalue weighted by molar-refractivity contribution is 7.92. The second kappa shape index (κ2) is 10.8. The van der Waals surface area contributed by atoms with Crippen LogP contribution in [0.5, 0.6) is 0 Å². The fraction of sp³-hybridized carbons (Fsp3) is 0.240. The number of benzene rings is 2. The number of non-ortho nitro benzene ring substituents is 1. The monoisotopic (exact) mass is 540 g/mol. The van der Waals surface area contributed by atoms with E-state index in [4.69, 9.17) is 4.42 Å². The number of rotatable bonds is 7. The van der Waals surface area contributed by atoms with Crippen LogP contribution in [0.2, 0.25) is 0 Å². The molecule has 0 saturated carbocycles. The lowest BCUT2D eigenvalue weighted by molar-refractivity contribution is -0.384. The van der Waals surface area contributed by atoms with Crippen molar-refractivity contribution < 1.29 is 32.1 Å². The Hall–Kier alpha value is -4.52. The number of sulfone groups is 1. The van der Waals surface area contributed by atoms with Gasteiger partial charge in [-0.3, -0.25) is 24.5 Å². The van der Waals surface area contributed by atoms with Gasteiger partial charge in [-0.25, -0.2) is 8.42 Å². The first kappa shape index (κ1) is 26.5. The predicted octanol–water partition coefficient (Wildman–Crippen LogP) is 2.01. The summed E-state index contributed by atoms with van der Waals surface area (Å²) in [6.07, 6.45) is 1.25. The zero-order chi connectivity index (χ0) is 27.4. The molecule has 12 nitrogen and oxygen atoms in total. The summed E-state index contributed by atoms with van der Waals surface area (Å²) >= 11 is 0. The van der Waals surface area contributed by atoms with E-state index in [1.54, 1.807) is 19.1 Å². The summed E-state index contributed by atoms with van der Waals surface area (Å²) in [5.41, 5.74) is 0.926. The minimum absolute atomic E-state index is 0.0219. The zero-order valence-electron chi connectivity index (χ0n) is 20.3. The molecule has 2 heterocycles. The summed E-state index contributed by atoms with van der Waals surface area (Å²) < 4.78 is 32.0. The summed E-state index contributed by atoms with van der Waals surface area (Å²) in [4.78, 5) is 51.9. The molecule has 3 amide bonds. The van der Waals surface area contributed by atoms with Gasteiger partial charge in [-0.15, -0.1) is 0 Å². The van der Waals surface area contributed by atoms with Gasteiger partial charge in [-0.2, -0.15) is 0 Å². The molecule has 198 valence electrons. The van der Waals surface area contributed by atoms with E-state index in [2.05, 4.69) is 5.32 Å². The van der Waals surface area contributed by atoms with E-state index < -0.39 is 31.9 Å². The third-order valence-corrected chi connectivity index (χ3v) is 7.96. The van der Waals surface area contributed by atoms with Gasteiger partial charge in [0.05, 0.1) is 16.1 Å². The van der Waals surface area contributed by atoms with Gasteiger partial charge < -0.3 is 19.5 Å². The molecule has 2 aromatic carbocycles. The summed E-state index contributed by atoms with van der Waals surface area (Å²) in [5.74, 6) is -2.23. The molecule has 4 rings (SSSR count). The number of hydrogen-bond acceptors (Lipinski definition) is 8. The Kier molecular flexibility index (Phi) is 7.57. The summed E-state index contributed by atoms with van der Waals surface area (Å²) in [7, 11) is -4.34. The van der Waals surface area contributed by atoms with Crippen LogP contribution in [-0.2, 0) is 14.6 Å². The standard InChI is InChI=1S/C25H24N4O8S/c1-17-4-10-20(11-5-17)38(35,36)23(26-22(30)21-3-2-16-37-21)25(32)28-14-12-27(13-15-28)24(31)18-6-8-19(9-7-18)29(33)34/h2-11,16,23H,12-15H2,1H3,(H,26,30)/t23-/m1/s1. The lowest BCUT2D eigenvalue weighted by Crippen LogP contribution is -2.57. The van der Waals surface area contributed by atoms with Crippen LogP contribution in [0.25, 0.3) is 0 Å². The topological polar surface area (TPSA) is 160 Å². The molecule has 0 unspecified atom stereocenters. The number of aryl methyl sites for hydroxylation is 1. The van der Waals surface area contributed by atoms with Gasteiger partial charge in [0.15, 0.2) is 5.76 Å². The van der Waals surface area contributed by atoms with Gasteiger partial charge in [-0.05, 0) is 43.3 Å². The molecule has 1 N–H and O–H groups in total. The van der Waals surface area contributed by atoms with Crippen LogP contribution in [0.15, 0.2) is 76.2 Å². The van der Waals surface area contributed by atoms with Crippen LogP contribution in [0.4, 0.5) is 5.69 Å². The van der Waals surface area contributed by atoms with E-state index in [0.717, 1.165) is 5.56 Å². The molecule has 1 saturated heterocycles. The van der Waals surface area contributed by atoms with Crippen molar-refractivity contribution in [2.45, 2.75) is 17.2 Å². The molecule has 0 radical (unpaired) electrons. The smallest absolute Gasteiger partial charge is 0.288 e. The van der Waals surface area contributed by atoms with Crippen LogP contribution in [0.1, 0.15) is 26.5 Å². The van der Waals surface area contributed by atoms with Crippen molar-refractivity contribution >= 4 is 33.2 Å². The van der Waals surface area contributed by atoms with Gasteiger partial charge in [0.1, 0.15) is 0 Å². The number of amides is 3. The molecule has 1 atom stereocenters. The largest absolute Gasteiger partial charge is 0.459 e. The molecular weight excluding hydrogens is 516 g/mol. The van der Waals surface area contributed by atoms with E-state index in [1.807, 2.05) is 0 Å². The van der Waals surface area contributed by atoms with E-state index in [-0.39, 0.29) is 54.0 Å². The van der Waals surface area contributed by atoms with Crippen molar-refractivity contribution in [2.24, 2.45) is 0 Å². The first-order chi connectivity index (χ1) is 18.1. The van der Waals surface area contributed by atoms with Gasteiger partial charge >= 0.3 is 0 Å². The lowest BCUT2D eigenvalue weighted by Gasteiger charge is -2.36. The van der Waals surface area contributed by atoms with Crippen molar-refractivity contribution in [1.82, 2.24) is 15.1 Å². The maximum Gasteiger partial charge on any atom is 0.288 e. The minimum atomic E-state index is -4.34. The average Bonchev–Trinajstić information content (AvgIpc) is 3.46. The first-order valence-corrected chi connectivity index (χ1v) is 13.1. The Morgan fingerprint density at radius 2 is 1.55 bits per heavy atom. The first-order valence-electron chi connectivity index (χ1n) is 11.6. The van der Waals surface area contributed by atoms with Crippen LogP contribution < -0.4 is 5.32 Å². The highest BCUT2D eigenvalue weighted by atomic mass is 32.2. The molecule has 3 aromatic rings. The molecule has 13 heteroatoms. The quantitative estimate of drug-likeness (QED) is 0.352. The van der Waals surface area contributed by atoms with Crippen molar-refractivity contribution in [2.75, 3.05) is 26.2 Å². The number of carbonyl (C=O) groups is 3. The fourth-order valence-corrected chi connectivity index (χ4v) is 5.40. The number of nitrogens with one attached hydrogen (secondary N) is 1. The summed E-state index contributed by atoms with van der Waals surface area (Å²) in [6, 6.07) is 13.9. The van der Waals surface area contributed by atoms with E-state index >= 15 is 0 Å². The molecular formula is C25H24N4O8S. The molecule has 1 aliphatic rings. The van der Waals surface area contributed by atoms with Gasteiger partial charge in [0.25, 0.3) is 23.4 Å². The molecule has 0 spiro atoms. The highest BCUT2D eigenvalue weighted by Gasteiger charge is 2.40. The normalized spacial score (nSPS) is 14.6. The van der Waals surface area contributed by atoms with E-state index in [9.17, 15) is 32.9 Å². The van der Waals surface area contributed by atoms with Gasteiger partial charge in [0, 0.05) is 43.9 Å². The van der Waals surface area contributed by atoms with Gasteiger partial charge in [-0.1, -0.05) is 17.7 Å². The lowest BCUT2D eigenvalue weighted by atomic mass is 10.1. The van der Waals surface area contributed by atoms with Crippen molar-refractivity contribution in [3.63, 3.8) is 0 Å². The average molecular weight is 541 g/mol. The third-order valence-electron chi connectivity index (χ3n) is 6.09. The van der Waals surface area contributed by atoms with Crippen LogP contribution >= 0.6 is 0 Å². The van der Waals surface area contributed by atoms with Crippen LogP contribution in [-0.4, -0.2) is 72.4 Å². The van der Waals surface area contributed by atoms with Crippen molar-refractivity contribution in [1.29, 1.82) is 0 Å². The Bertz CT molecular complexity index is 1440. The molecule has 1 fully saturated rings. The van der Waals surface area contributed by atoms with Gasteiger partial charge in [0.2, 0.25) is 15.2 Å². The Labute approximate surface area is 217 Å². The number of nitro groups is 1. The maximum atomic E-state index is 13.5. The number of furan rings is 1. The minimum Gasteiger partial charge on any atom is -0.459 e.